The van der Waals surface area contributed by atoms with Gasteiger partial charge in [0.25, 0.3) is 0 Å². The molecule has 2 aliphatic heterocycles. The number of carbonyl (C=O) groups excluding carboxylic acids is 3. The number of hydrogen-bond donors (Lipinski definition) is 0. The standard InChI is InChI=1S/C18H16O4/c1-16-12(11(19)9-5-3-4-6-10(9)13(16)20)17(2)18(7-8-18)14(21)15(16)22-17/h3-6,12,15H,7-8H2,1-2H3/t12-,15-,16-,17-/m0/s1. The molecule has 4 nitrogen and oxygen atoms in total. The zero-order chi connectivity index (χ0) is 15.5. The Morgan fingerprint density at radius 3 is 2.32 bits per heavy atom. The van der Waals surface area contributed by atoms with E-state index in [0.29, 0.717) is 11.1 Å². The number of rotatable bonds is 0. The highest BCUT2D eigenvalue weighted by atomic mass is 16.5. The molecule has 22 heavy (non-hydrogen) atoms. The SMILES string of the molecule is C[C@@]12C(=O)c3ccccc3C(=O)[C@@H]1[C@]1(C)O[C@H]2C(=O)C12CC2. The van der Waals surface area contributed by atoms with Gasteiger partial charge in [0.2, 0.25) is 0 Å². The fourth-order valence-electron chi connectivity index (χ4n) is 5.35. The van der Waals surface area contributed by atoms with Gasteiger partial charge >= 0.3 is 0 Å². The van der Waals surface area contributed by atoms with Crippen LogP contribution in [-0.2, 0) is 9.53 Å². The summed E-state index contributed by atoms with van der Waals surface area (Å²) in [7, 11) is 0. The monoisotopic (exact) mass is 296 g/mol. The summed E-state index contributed by atoms with van der Waals surface area (Å²) in [5, 5.41) is 0. The fraction of sp³-hybridized carbons (Fsp3) is 0.500. The Balaban J connectivity index is 1.81. The number of carbonyl (C=O) groups is 3. The first-order valence-electron chi connectivity index (χ1n) is 7.78. The van der Waals surface area contributed by atoms with Crippen LogP contribution in [0.3, 0.4) is 0 Å². The van der Waals surface area contributed by atoms with E-state index >= 15 is 0 Å². The van der Waals surface area contributed by atoms with Crippen LogP contribution in [0.5, 0.6) is 0 Å². The molecule has 1 aromatic carbocycles. The summed E-state index contributed by atoms with van der Waals surface area (Å²) in [5.41, 5.74) is -1.49. The second-order valence-electron chi connectivity index (χ2n) is 7.51. The van der Waals surface area contributed by atoms with E-state index in [0.717, 1.165) is 12.8 Å². The Bertz CT molecular complexity index is 790. The number of ether oxygens (including phenoxy) is 1. The topological polar surface area (TPSA) is 60.4 Å². The summed E-state index contributed by atoms with van der Waals surface area (Å²) in [6.07, 6.45) is 0.776. The molecule has 2 bridgehead atoms. The van der Waals surface area contributed by atoms with Crippen molar-refractivity contribution in [3.05, 3.63) is 35.4 Å². The molecule has 0 unspecified atom stereocenters. The minimum Gasteiger partial charge on any atom is -0.361 e. The van der Waals surface area contributed by atoms with Gasteiger partial charge < -0.3 is 4.74 Å². The average molecular weight is 296 g/mol. The highest BCUT2D eigenvalue weighted by molar-refractivity contribution is 6.21. The van der Waals surface area contributed by atoms with Crippen molar-refractivity contribution in [1.29, 1.82) is 0 Å². The number of Topliss-reactive ketones (excluding diaryl/α,β-unsaturated/α-hetero) is 3. The molecule has 0 radical (unpaired) electrons. The molecule has 1 saturated carbocycles. The summed E-state index contributed by atoms with van der Waals surface area (Å²) in [4.78, 5) is 39.0. The van der Waals surface area contributed by atoms with Gasteiger partial charge in [-0.05, 0) is 26.7 Å². The van der Waals surface area contributed by atoms with Gasteiger partial charge in [-0.1, -0.05) is 24.3 Å². The fourth-order valence-corrected chi connectivity index (χ4v) is 5.35. The summed E-state index contributed by atoms with van der Waals surface area (Å²) < 4.78 is 6.08. The minimum absolute atomic E-state index is 0.0364. The van der Waals surface area contributed by atoms with Crippen molar-refractivity contribution in [3.63, 3.8) is 0 Å². The van der Waals surface area contributed by atoms with Crippen molar-refractivity contribution < 1.29 is 19.1 Å². The predicted molar refractivity (Wildman–Crippen MR) is 76.7 cm³/mol. The molecule has 4 aliphatic rings. The van der Waals surface area contributed by atoms with Crippen LogP contribution in [0.25, 0.3) is 0 Å². The lowest BCUT2D eigenvalue weighted by Gasteiger charge is -2.45. The lowest BCUT2D eigenvalue weighted by Crippen LogP contribution is -2.61. The molecular formula is C18H16O4. The smallest absolute Gasteiger partial charge is 0.173 e. The van der Waals surface area contributed by atoms with Crippen molar-refractivity contribution in [2.45, 2.75) is 38.4 Å². The molecule has 1 aromatic rings. The average Bonchev–Trinajstić information content (AvgIpc) is 3.23. The predicted octanol–water partition coefficient (Wildman–Crippen LogP) is 2.21. The summed E-state index contributed by atoms with van der Waals surface area (Å²) in [6, 6.07) is 6.93. The molecule has 0 N–H and O–H groups in total. The molecule has 1 spiro atoms. The van der Waals surface area contributed by atoms with Gasteiger partial charge in [-0.15, -0.1) is 0 Å². The second-order valence-corrected chi connectivity index (χ2v) is 7.51. The van der Waals surface area contributed by atoms with Gasteiger partial charge in [-0.2, -0.15) is 0 Å². The highest BCUT2D eigenvalue weighted by Gasteiger charge is 2.84. The van der Waals surface area contributed by atoms with Crippen molar-refractivity contribution in [2.75, 3.05) is 0 Å². The summed E-state index contributed by atoms with van der Waals surface area (Å²) >= 11 is 0. The first kappa shape index (κ1) is 12.7. The van der Waals surface area contributed by atoms with Gasteiger partial charge in [0.05, 0.1) is 22.3 Å². The Morgan fingerprint density at radius 1 is 1.05 bits per heavy atom. The third kappa shape index (κ3) is 0.977. The van der Waals surface area contributed by atoms with Crippen molar-refractivity contribution in [2.24, 2.45) is 16.7 Å². The van der Waals surface area contributed by atoms with Gasteiger partial charge in [-0.3, -0.25) is 14.4 Å². The highest BCUT2D eigenvalue weighted by Crippen LogP contribution is 2.74. The molecule has 2 heterocycles. The zero-order valence-corrected chi connectivity index (χ0v) is 12.5. The maximum atomic E-state index is 13.1. The Labute approximate surface area is 127 Å². The lowest BCUT2D eigenvalue weighted by atomic mass is 9.51. The maximum Gasteiger partial charge on any atom is 0.173 e. The lowest BCUT2D eigenvalue weighted by molar-refractivity contribution is -0.129. The zero-order valence-electron chi connectivity index (χ0n) is 12.5. The van der Waals surface area contributed by atoms with Crippen LogP contribution in [0.15, 0.2) is 24.3 Å². The van der Waals surface area contributed by atoms with Crippen molar-refractivity contribution in [3.8, 4) is 0 Å². The van der Waals surface area contributed by atoms with Crippen LogP contribution < -0.4 is 0 Å². The van der Waals surface area contributed by atoms with Crippen LogP contribution >= 0.6 is 0 Å². The van der Waals surface area contributed by atoms with Crippen LogP contribution in [0, 0.1) is 16.7 Å². The number of benzene rings is 1. The van der Waals surface area contributed by atoms with Crippen LogP contribution in [0.4, 0.5) is 0 Å². The molecule has 4 atom stereocenters. The van der Waals surface area contributed by atoms with E-state index in [1.807, 2.05) is 6.92 Å². The Morgan fingerprint density at radius 2 is 1.68 bits per heavy atom. The van der Waals surface area contributed by atoms with E-state index in [1.54, 1.807) is 31.2 Å². The van der Waals surface area contributed by atoms with Crippen molar-refractivity contribution >= 4 is 17.3 Å². The molecule has 0 amide bonds. The van der Waals surface area contributed by atoms with E-state index in [-0.39, 0.29) is 17.3 Å². The molecule has 0 aromatic heterocycles. The Kier molecular flexibility index (Phi) is 1.88. The second kappa shape index (κ2) is 3.25. The van der Waals surface area contributed by atoms with Crippen LogP contribution in [0.1, 0.15) is 47.4 Å². The number of ketones is 3. The van der Waals surface area contributed by atoms with Crippen LogP contribution in [0.2, 0.25) is 0 Å². The summed E-state index contributed by atoms with van der Waals surface area (Å²) in [5.74, 6) is -0.673. The molecular weight excluding hydrogens is 280 g/mol. The molecule has 3 fully saturated rings. The maximum absolute atomic E-state index is 13.1. The molecule has 2 saturated heterocycles. The van der Waals surface area contributed by atoms with E-state index in [9.17, 15) is 14.4 Å². The van der Waals surface area contributed by atoms with E-state index in [4.69, 9.17) is 4.74 Å². The van der Waals surface area contributed by atoms with E-state index in [1.165, 1.54) is 0 Å². The van der Waals surface area contributed by atoms with Crippen molar-refractivity contribution in [1.82, 2.24) is 0 Å². The van der Waals surface area contributed by atoms with Gasteiger partial charge in [0.15, 0.2) is 17.3 Å². The number of hydrogen-bond acceptors (Lipinski definition) is 4. The normalized spacial score (nSPS) is 43.5. The third-order valence-corrected chi connectivity index (χ3v) is 6.66. The van der Waals surface area contributed by atoms with Crippen LogP contribution in [-0.4, -0.2) is 29.1 Å². The third-order valence-electron chi connectivity index (χ3n) is 6.66. The molecule has 112 valence electrons. The first-order chi connectivity index (χ1) is 10.4. The Hall–Kier alpha value is -1.81. The van der Waals surface area contributed by atoms with Gasteiger partial charge in [0.1, 0.15) is 6.10 Å². The quantitative estimate of drug-likeness (QED) is 0.736. The first-order valence-corrected chi connectivity index (χ1v) is 7.78. The van der Waals surface area contributed by atoms with Gasteiger partial charge in [0, 0.05) is 11.1 Å². The van der Waals surface area contributed by atoms with E-state index in [2.05, 4.69) is 0 Å². The summed E-state index contributed by atoms with van der Waals surface area (Å²) in [6.45, 7) is 3.61. The van der Waals surface area contributed by atoms with Gasteiger partial charge in [-0.25, -0.2) is 0 Å². The number of fused-ring (bicyclic) bond motifs is 7. The molecule has 4 heteroatoms. The minimum atomic E-state index is -1.05. The largest absolute Gasteiger partial charge is 0.361 e. The molecule has 5 rings (SSSR count). The molecule has 2 aliphatic carbocycles. The van der Waals surface area contributed by atoms with E-state index < -0.39 is 28.5 Å².